The predicted octanol–water partition coefficient (Wildman–Crippen LogP) is 16.9. The zero-order valence-electron chi connectivity index (χ0n) is 35.1. The molecule has 2 heteroatoms. The van der Waals surface area contributed by atoms with Gasteiger partial charge in [0.05, 0.1) is 0 Å². The first-order valence-corrected chi connectivity index (χ1v) is 21.6. The first kappa shape index (κ1) is 39.8. The number of allylic oxidation sites excluding steroid dienone is 10. The van der Waals surface area contributed by atoms with Gasteiger partial charge in [0, 0.05) is 34.1 Å². The van der Waals surface area contributed by atoms with Gasteiger partial charge in [-0.2, -0.15) is 0 Å². The molecule has 9 rings (SSSR count). The molecular formula is C60H50N2. The van der Waals surface area contributed by atoms with Crippen molar-refractivity contribution in [3.05, 3.63) is 261 Å². The Labute approximate surface area is 367 Å². The molecule has 300 valence electrons. The van der Waals surface area contributed by atoms with E-state index in [2.05, 4.69) is 235 Å². The van der Waals surface area contributed by atoms with Crippen molar-refractivity contribution < 1.29 is 0 Å². The minimum Gasteiger partial charge on any atom is -0.311 e. The van der Waals surface area contributed by atoms with Crippen LogP contribution in [0.4, 0.5) is 22.7 Å². The largest absolute Gasteiger partial charge is 0.311 e. The molecule has 0 radical (unpaired) electrons. The van der Waals surface area contributed by atoms with Crippen LogP contribution >= 0.6 is 0 Å². The van der Waals surface area contributed by atoms with E-state index in [1.54, 1.807) is 6.08 Å². The fraction of sp³-hybridized carbons (Fsp3) is 0.0667. The summed E-state index contributed by atoms with van der Waals surface area (Å²) in [4.78, 5) is 4.77. The molecule has 0 bridgehead atoms. The van der Waals surface area contributed by atoms with Crippen molar-refractivity contribution >= 4 is 28.3 Å². The summed E-state index contributed by atoms with van der Waals surface area (Å²) >= 11 is 0. The van der Waals surface area contributed by atoms with Crippen LogP contribution in [-0.2, 0) is 0 Å². The molecule has 0 fully saturated rings. The maximum Gasteiger partial charge on any atom is 0.0468 e. The predicted molar refractivity (Wildman–Crippen MR) is 267 cm³/mol. The molecule has 0 saturated carbocycles. The molecule has 2 aliphatic carbocycles. The van der Waals surface area contributed by atoms with Gasteiger partial charge in [0.25, 0.3) is 0 Å². The van der Waals surface area contributed by atoms with Crippen molar-refractivity contribution in [2.24, 2.45) is 0 Å². The lowest BCUT2D eigenvalue weighted by atomic mass is 9.93. The Hall–Kier alpha value is -7.68. The number of hydrogen-bond acceptors (Lipinski definition) is 2. The van der Waals surface area contributed by atoms with Gasteiger partial charge in [-0.05, 0) is 142 Å². The van der Waals surface area contributed by atoms with Crippen molar-refractivity contribution in [1.82, 2.24) is 0 Å². The molecule has 2 aliphatic rings. The van der Waals surface area contributed by atoms with E-state index < -0.39 is 0 Å². The van der Waals surface area contributed by atoms with Crippen LogP contribution in [0.15, 0.2) is 255 Å². The van der Waals surface area contributed by atoms with Crippen LogP contribution in [0, 0.1) is 0 Å². The smallest absolute Gasteiger partial charge is 0.0468 e. The van der Waals surface area contributed by atoms with E-state index in [9.17, 15) is 0 Å². The molecule has 7 aromatic carbocycles. The van der Waals surface area contributed by atoms with Crippen LogP contribution in [-0.4, -0.2) is 0 Å². The summed E-state index contributed by atoms with van der Waals surface area (Å²) in [6.45, 7) is 7.83. The summed E-state index contributed by atoms with van der Waals surface area (Å²) in [6.07, 6.45) is 23.6. The quantitative estimate of drug-likeness (QED) is 0.107. The molecule has 2 nitrogen and oxygen atoms in total. The minimum atomic E-state index is 1.01. The summed E-state index contributed by atoms with van der Waals surface area (Å²) in [5.74, 6) is 0. The Bertz CT molecular complexity index is 2820. The van der Waals surface area contributed by atoms with Gasteiger partial charge in [-0.25, -0.2) is 0 Å². The molecule has 0 N–H and O–H groups in total. The van der Waals surface area contributed by atoms with Gasteiger partial charge in [0.2, 0.25) is 0 Å². The standard InChI is InChI=1S/C60H50N2/c1-3-17-45(4-2)47-26-28-48(29-27-47)50-32-38-57(39-33-50)62(54-24-15-8-16-25-54)58-42-43-59(60(44-58)51-20-11-6-12-21-51)52-34-40-56(41-35-52)61(53-22-13-7-14-23-53)55-36-30-49(31-37-55)46-18-9-5-10-19-46/h3-6,9-13,15,17-44H,1-2,7-8,14,16H2/b45-17+. The number of hydrogen-bond donors (Lipinski definition) is 0. The Kier molecular flexibility index (Phi) is 12.0. The van der Waals surface area contributed by atoms with E-state index in [0.29, 0.717) is 0 Å². The maximum absolute atomic E-state index is 3.98. The van der Waals surface area contributed by atoms with Crippen LogP contribution < -0.4 is 9.80 Å². The lowest BCUT2D eigenvalue weighted by molar-refractivity contribution is 0.997. The van der Waals surface area contributed by atoms with Crippen LogP contribution in [0.3, 0.4) is 0 Å². The van der Waals surface area contributed by atoms with Crippen LogP contribution in [0.25, 0.3) is 50.1 Å². The van der Waals surface area contributed by atoms with E-state index in [1.165, 1.54) is 55.9 Å². The number of nitrogens with zero attached hydrogens (tertiary/aromatic N) is 2. The monoisotopic (exact) mass is 798 g/mol. The topological polar surface area (TPSA) is 6.48 Å². The third-order valence-corrected chi connectivity index (χ3v) is 11.7. The average Bonchev–Trinajstić information content (AvgIpc) is 3.35. The summed E-state index contributed by atoms with van der Waals surface area (Å²) in [5, 5.41) is 0. The Morgan fingerprint density at radius 1 is 0.403 bits per heavy atom. The lowest BCUT2D eigenvalue weighted by Gasteiger charge is -2.29. The number of rotatable bonds is 13. The second-order valence-corrected chi connectivity index (χ2v) is 15.6. The molecule has 0 atom stereocenters. The van der Waals surface area contributed by atoms with E-state index in [0.717, 1.165) is 59.6 Å². The molecular weight excluding hydrogens is 749 g/mol. The van der Waals surface area contributed by atoms with E-state index in [-0.39, 0.29) is 0 Å². The first-order chi connectivity index (χ1) is 30.7. The highest BCUT2D eigenvalue weighted by molar-refractivity contribution is 5.89. The van der Waals surface area contributed by atoms with Gasteiger partial charge < -0.3 is 9.80 Å². The molecule has 0 aromatic heterocycles. The van der Waals surface area contributed by atoms with Gasteiger partial charge in [0.15, 0.2) is 0 Å². The Balaban J connectivity index is 1.06. The van der Waals surface area contributed by atoms with E-state index in [4.69, 9.17) is 0 Å². The highest BCUT2D eigenvalue weighted by Gasteiger charge is 2.19. The van der Waals surface area contributed by atoms with E-state index in [1.807, 2.05) is 12.2 Å². The normalized spacial score (nSPS) is 13.5. The molecule has 0 unspecified atom stereocenters. The summed E-state index contributed by atoms with van der Waals surface area (Å²) in [6, 6.07) is 63.9. The highest BCUT2D eigenvalue weighted by atomic mass is 15.2. The number of benzene rings is 7. The van der Waals surface area contributed by atoms with Crippen molar-refractivity contribution in [1.29, 1.82) is 0 Å². The second-order valence-electron chi connectivity index (χ2n) is 15.6. The van der Waals surface area contributed by atoms with Crippen molar-refractivity contribution in [2.45, 2.75) is 25.7 Å². The molecule has 0 spiro atoms. The second kappa shape index (κ2) is 18.7. The van der Waals surface area contributed by atoms with Gasteiger partial charge in [-0.15, -0.1) is 0 Å². The van der Waals surface area contributed by atoms with E-state index >= 15 is 0 Å². The highest BCUT2D eigenvalue weighted by Crippen LogP contribution is 2.42. The maximum atomic E-state index is 3.98. The number of anilines is 4. The minimum absolute atomic E-state index is 1.01. The summed E-state index contributed by atoms with van der Waals surface area (Å²) in [5.41, 5.74) is 18.6. The van der Waals surface area contributed by atoms with Gasteiger partial charge in [-0.3, -0.25) is 0 Å². The fourth-order valence-corrected chi connectivity index (χ4v) is 8.50. The van der Waals surface area contributed by atoms with Gasteiger partial charge in [0.1, 0.15) is 0 Å². The summed E-state index contributed by atoms with van der Waals surface area (Å²) < 4.78 is 0. The lowest BCUT2D eigenvalue weighted by Crippen LogP contribution is -2.16. The molecule has 62 heavy (non-hydrogen) atoms. The average molecular weight is 799 g/mol. The third kappa shape index (κ3) is 8.64. The van der Waals surface area contributed by atoms with Crippen molar-refractivity contribution in [3.8, 4) is 44.5 Å². The van der Waals surface area contributed by atoms with Crippen LogP contribution in [0.1, 0.15) is 31.2 Å². The van der Waals surface area contributed by atoms with Gasteiger partial charge >= 0.3 is 0 Å². The SMILES string of the molecule is C=C/C=C(\C=C)c1ccc(-c2ccc(N(C3=CCCC=C3)c3ccc(-c4ccc(N(C5=CCCC=C5)c5ccc(-c6ccccc6)cc5)cc4)c(-c4ccccc4)c3)cc2)cc1. The van der Waals surface area contributed by atoms with Crippen molar-refractivity contribution in [2.75, 3.05) is 9.80 Å². The fourth-order valence-electron chi connectivity index (χ4n) is 8.50. The molecule has 0 saturated heterocycles. The zero-order valence-corrected chi connectivity index (χ0v) is 35.1. The Morgan fingerprint density at radius 3 is 1.29 bits per heavy atom. The van der Waals surface area contributed by atoms with Crippen molar-refractivity contribution in [3.63, 3.8) is 0 Å². The van der Waals surface area contributed by atoms with Gasteiger partial charge in [-0.1, -0.05) is 183 Å². The molecule has 7 aromatic rings. The molecule has 0 heterocycles. The molecule has 0 aliphatic heterocycles. The van der Waals surface area contributed by atoms with Crippen LogP contribution in [0.5, 0.6) is 0 Å². The third-order valence-electron chi connectivity index (χ3n) is 11.7. The summed E-state index contributed by atoms with van der Waals surface area (Å²) in [7, 11) is 0. The zero-order chi connectivity index (χ0) is 42.1. The molecule has 0 amide bonds. The first-order valence-electron chi connectivity index (χ1n) is 21.6. The van der Waals surface area contributed by atoms with Crippen LogP contribution in [0.2, 0.25) is 0 Å². The Morgan fingerprint density at radius 2 is 0.823 bits per heavy atom.